The maximum absolute atomic E-state index is 11.2. The van der Waals surface area contributed by atoms with Crippen molar-refractivity contribution >= 4 is 16.9 Å². The summed E-state index contributed by atoms with van der Waals surface area (Å²) in [5, 5.41) is 12.4. The number of hydrogen-bond acceptors (Lipinski definition) is 5. The van der Waals surface area contributed by atoms with Gasteiger partial charge in [0.1, 0.15) is 11.8 Å². The highest BCUT2D eigenvalue weighted by molar-refractivity contribution is 8.14. The van der Waals surface area contributed by atoms with Crippen LogP contribution in [0, 0.1) is 0 Å². The molecule has 2 aromatic rings. The van der Waals surface area contributed by atoms with E-state index >= 15 is 0 Å². The highest BCUT2D eigenvalue weighted by Gasteiger charge is 2.46. The minimum absolute atomic E-state index is 0.0387. The molecule has 0 saturated carbocycles. The number of thioether (sulfide) groups is 1. The number of pyridine rings is 1. The molecule has 31 heavy (non-hydrogen) atoms. The van der Waals surface area contributed by atoms with Gasteiger partial charge in [0.2, 0.25) is 0 Å². The van der Waals surface area contributed by atoms with Crippen LogP contribution in [-0.4, -0.2) is 32.0 Å². The summed E-state index contributed by atoms with van der Waals surface area (Å²) < 4.78 is 0. The number of aliphatic imine (C=N–C) groups is 1. The van der Waals surface area contributed by atoms with Crippen molar-refractivity contribution in [2.24, 2.45) is 4.99 Å². The monoisotopic (exact) mass is 437 g/mol. The number of phenols is 1. The normalized spacial score (nSPS) is 23.8. The van der Waals surface area contributed by atoms with Crippen molar-refractivity contribution in [2.45, 2.75) is 83.8 Å². The first-order valence-electron chi connectivity index (χ1n) is 11.3. The molecule has 4 nitrogen and oxygen atoms in total. The van der Waals surface area contributed by atoms with Crippen LogP contribution in [0.5, 0.6) is 5.75 Å². The third-order valence-corrected chi connectivity index (χ3v) is 7.55. The van der Waals surface area contributed by atoms with Gasteiger partial charge in [-0.3, -0.25) is 9.98 Å². The molecule has 5 heteroatoms. The minimum Gasteiger partial charge on any atom is -0.507 e. The van der Waals surface area contributed by atoms with Gasteiger partial charge < -0.3 is 10.0 Å². The fourth-order valence-corrected chi connectivity index (χ4v) is 6.02. The van der Waals surface area contributed by atoms with Gasteiger partial charge in [-0.25, -0.2) is 0 Å². The Kier molecular flexibility index (Phi) is 5.61. The smallest absolute Gasteiger partial charge is 0.160 e. The first kappa shape index (κ1) is 22.2. The largest absolute Gasteiger partial charge is 0.507 e. The molecular weight excluding hydrogens is 402 g/mol. The van der Waals surface area contributed by atoms with Gasteiger partial charge in [-0.05, 0) is 58.2 Å². The van der Waals surface area contributed by atoms with E-state index in [0.717, 1.165) is 34.2 Å². The Bertz CT molecular complexity index is 953. The summed E-state index contributed by atoms with van der Waals surface area (Å²) in [6.45, 7) is 15.3. The highest BCUT2D eigenvalue weighted by atomic mass is 32.2. The summed E-state index contributed by atoms with van der Waals surface area (Å²) in [4.78, 5) is 12.4. The Morgan fingerprint density at radius 3 is 2.23 bits per heavy atom. The number of hydrogen-bond donors (Lipinski definition) is 1. The Morgan fingerprint density at radius 1 is 1.06 bits per heavy atom. The van der Waals surface area contributed by atoms with E-state index in [4.69, 9.17) is 4.99 Å². The van der Waals surface area contributed by atoms with E-state index in [2.05, 4.69) is 76.5 Å². The molecule has 1 fully saturated rings. The van der Waals surface area contributed by atoms with E-state index in [9.17, 15) is 5.11 Å². The summed E-state index contributed by atoms with van der Waals surface area (Å²) >= 11 is 1.86. The van der Waals surface area contributed by atoms with Crippen LogP contribution in [0.25, 0.3) is 0 Å². The van der Waals surface area contributed by atoms with Crippen LogP contribution in [-0.2, 0) is 10.8 Å². The summed E-state index contributed by atoms with van der Waals surface area (Å²) in [6.07, 6.45) is 2.95. The van der Waals surface area contributed by atoms with Crippen LogP contribution in [0.3, 0.4) is 0 Å². The number of aromatic nitrogens is 1. The van der Waals surface area contributed by atoms with Crippen molar-refractivity contribution < 1.29 is 5.11 Å². The Morgan fingerprint density at radius 2 is 1.71 bits per heavy atom. The fraction of sp³-hybridized carbons (Fsp3) is 0.538. The van der Waals surface area contributed by atoms with Gasteiger partial charge in [-0.15, -0.1) is 0 Å². The van der Waals surface area contributed by atoms with E-state index in [1.165, 1.54) is 5.56 Å². The van der Waals surface area contributed by atoms with Crippen LogP contribution >= 0.6 is 11.8 Å². The number of amidine groups is 1. The molecule has 2 aliphatic heterocycles. The maximum Gasteiger partial charge on any atom is 0.160 e. The molecule has 1 aromatic heterocycles. The number of fused-ring (bicyclic) bond motifs is 1. The first-order valence-corrected chi connectivity index (χ1v) is 12.3. The van der Waals surface area contributed by atoms with Gasteiger partial charge in [0.15, 0.2) is 5.17 Å². The molecular formula is C26H35N3OS. The summed E-state index contributed by atoms with van der Waals surface area (Å²) in [5.74, 6) is 1.51. The fourth-order valence-electron chi connectivity index (χ4n) is 4.68. The van der Waals surface area contributed by atoms with Gasteiger partial charge in [0.25, 0.3) is 0 Å². The second-order valence-electron chi connectivity index (χ2n) is 10.8. The quantitative estimate of drug-likeness (QED) is 0.607. The zero-order valence-corrected chi connectivity index (χ0v) is 20.6. The van der Waals surface area contributed by atoms with Crippen LogP contribution in [0.15, 0.2) is 41.5 Å². The molecule has 0 amide bonds. The average molecular weight is 438 g/mol. The van der Waals surface area contributed by atoms with E-state index in [1.807, 2.05) is 30.1 Å². The number of nitrogens with zero attached hydrogens (tertiary/aromatic N) is 3. The van der Waals surface area contributed by atoms with Crippen molar-refractivity contribution in [1.82, 2.24) is 9.88 Å². The number of aromatic hydroxyl groups is 1. The summed E-state index contributed by atoms with van der Waals surface area (Å²) in [7, 11) is 0. The summed E-state index contributed by atoms with van der Waals surface area (Å²) in [6, 6.07) is 11.1. The number of rotatable bonds is 3. The predicted molar refractivity (Wildman–Crippen MR) is 131 cm³/mol. The second kappa shape index (κ2) is 7.84. The molecule has 1 N–H and O–H groups in total. The lowest BCUT2D eigenvalue weighted by Gasteiger charge is -2.35. The van der Waals surface area contributed by atoms with Crippen LogP contribution in [0.2, 0.25) is 0 Å². The standard InChI is InChI=1S/C26H35N3OS/c1-8-17-15-31-24-28-21(20-11-9-10-12-27-20)22(29(17)24)16-13-18(25(2,3)4)23(30)19(14-16)26(5,6)7/h9-14,17,21-22,30H,8,15H2,1-7H3/t17-,21-,22+/m0/s1. The van der Waals surface area contributed by atoms with Gasteiger partial charge >= 0.3 is 0 Å². The average Bonchev–Trinajstić information content (AvgIpc) is 3.26. The zero-order chi connectivity index (χ0) is 22.6. The van der Waals surface area contributed by atoms with E-state index in [-0.39, 0.29) is 22.9 Å². The molecule has 0 spiro atoms. The maximum atomic E-state index is 11.2. The van der Waals surface area contributed by atoms with Crippen molar-refractivity contribution in [3.8, 4) is 5.75 Å². The molecule has 0 aliphatic carbocycles. The number of benzene rings is 1. The Hall–Kier alpha value is -2.01. The van der Waals surface area contributed by atoms with E-state index in [1.54, 1.807) is 0 Å². The lowest BCUT2D eigenvalue weighted by atomic mass is 9.77. The molecule has 2 aliphatic rings. The summed E-state index contributed by atoms with van der Waals surface area (Å²) in [5.41, 5.74) is 3.92. The SMILES string of the molecule is CC[C@H]1CSC2=N[C@@H](c3ccccn3)[C@@H](c3cc(C(C)(C)C)c(O)c(C(C)(C)C)c3)N21. The van der Waals surface area contributed by atoms with Crippen LogP contribution in [0.4, 0.5) is 0 Å². The van der Waals surface area contributed by atoms with Crippen LogP contribution < -0.4 is 0 Å². The third kappa shape index (κ3) is 3.97. The Labute approximate surface area is 191 Å². The van der Waals surface area contributed by atoms with Crippen molar-refractivity contribution in [2.75, 3.05) is 5.75 Å². The van der Waals surface area contributed by atoms with Crippen LogP contribution in [0.1, 0.15) is 89.4 Å². The molecule has 166 valence electrons. The molecule has 4 rings (SSSR count). The van der Waals surface area contributed by atoms with Crippen molar-refractivity contribution in [3.05, 3.63) is 58.9 Å². The van der Waals surface area contributed by atoms with Crippen molar-refractivity contribution in [3.63, 3.8) is 0 Å². The molecule has 3 heterocycles. The molecule has 1 aromatic carbocycles. The lowest BCUT2D eigenvalue weighted by Crippen LogP contribution is -2.35. The molecule has 1 saturated heterocycles. The van der Waals surface area contributed by atoms with Crippen molar-refractivity contribution in [1.29, 1.82) is 0 Å². The second-order valence-corrected chi connectivity index (χ2v) is 11.8. The lowest BCUT2D eigenvalue weighted by molar-refractivity contribution is 0.254. The van der Waals surface area contributed by atoms with Gasteiger partial charge in [-0.2, -0.15) is 0 Å². The van der Waals surface area contributed by atoms with Gasteiger partial charge in [0.05, 0.1) is 11.7 Å². The molecule has 0 bridgehead atoms. The predicted octanol–water partition coefficient (Wildman–Crippen LogP) is 6.36. The van der Waals surface area contributed by atoms with E-state index in [0.29, 0.717) is 11.8 Å². The minimum atomic E-state index is -0.160. The Balaban J connectivity index is 1.93. The van der Waals surface area contributed by atoms with Gasteiger partial charge in [0, 0.05) is 18.0 Å². The molecule has 3 atom stereocenters. The highest BCUT2D eigenvalue weighted by Crippen LogP contribution is 2.51. The third-order valence-electron chi connectivity index (χ3n) is 6.42. The van der Waals surface area contributed by atoms with Gasteiger partial charge in [-0.1, -0.05) is 66.3 Å². The number of phenolic OH excluding ortho intramolecular Hbond substituents is 1. The van der Waals surface area contributed by atoms with E-state index < -0.39 is 0 Å². The first-order chi connectivity index (χ1) is 14.5. The topological polar surface area (TPSA) is 48.7 Å². The molecule has 0 radical (unpaired) electrons. The molecule has 0 unspecified atom stereocenters. The zero-order valence-electron chi connectivity index (χ0n) is 19.8.